The summed E-state index contributed by atoms with van der Waals surface area (Å²) in [6.07, 6.45) is 4.81. The molecule has 0 aromatic heterocycles. The van der Waals surface area contributed by atoms with Crippen molar-refractivity contribution in [1.82, 2.24) is 0 Å². The van der Waals surface area contributed by atoms with Gasteiger partial charge in [-0.2, -0.15) is 0 Å². The quantitative estimate of drug-likeness (QED) is 0.456. The molecule has 1 saturated heterocycles. The van der Waals surface area contributed by atoms with Crippen molar-refractivity contribution in [3.63, 3.8) is 0 Å². The Morgan fingerprint density at radius 1 is 1.43 bits per heavy atom. The lowest BCUT2D eigenvalue weighted by Crippen LogP contribution is -2.08. The Morgan fingerprint density at radius 3 is 3.05 bits per heavy atom. The van der Waals surface area contributed by atoms with Crippen molar-refractivity contribution in [2.24, 2.45) is 0 Å². The van der Waals surface area contributed by atoms with Gasteiger partial charge in [-0.1, -0.05) is 11.8 Å². The smallest absolute Gasteiger partial charge is 0.135 e. The van der Waals surface area contributed by atoms with Crippen LogP contribution < -0.4 is 9.47 Å². The Hall–Kier alpha value is -1.37. The van der Waals surface area contributed by atoms with E-state index in [0.717, 1.165) is 36.5 Å². The third kappa shape index (κ3) is 5.15. The molecule has 1 unspecified atom stereocenters. The molecule has 0 radical (unpaired) electrons. The van der Waals surface area contributed by atoms with Crippen LogP contribution in [0.5, 0.6) is 11.5 Å². The van der Waals surface area contributed by atoms with E-state index in [4.69, 9.17) is 25.8 Å². The summed E-state index contributed by atoms with van der Waals surface area (Å²) in [5.74, 6) is 7.70. The molecule has 2 rings (SSSR count). The molecule has 1 fully saturated rings. The van der Waals surface area contributed by atoms with Gasteiger partial charge in [-0.3, -0.25) is 0 Å². The fourth-order valence-electron chi connectivity index (χ4n) is 2.35. The summed E-state index contributed by atoms with van der Waals surface area (Å²) in [6, 6.07) is 5.64. The van der Waals surface area contributed by atoms with Gasteiger partial charge in [0.1, 0.15) is 11.5 Å². The van der Waals surface area contributed by atoms with Crippen LogP contribution in [0.1, 0.15) is 31.2 Å². The van der Waals surface area contributed by atoms with Crippen molar-refractivity contribution in [2.45, 2.75) is 31.8 Å². The Bertz CT molecular complexity index is 498. The number of rotatable bonds is 6. The summed E-state index contributed by atoms with van der Waals surface area (Å²) in [4.78, 5) is 0. The predicted octanol–water partition coefficient (Wildman–Crippen LogP) is 3.62. The van der Waals surface area contributed by atoms with Gasteiger partial charge in [0.2, 0.25) is 0 Å². The second kappa shape index (κ2) is 8.81. The van der Waals surface area contributed by atoms with E-state index in [9.17, 15) is 0 Å². The molecule has 1 aromatic carbocycles. The molecular weight excluding hydrogens is 288 g/mol. The lowest BCUT2D eigenvalue weighted by atomic mass is 10.1. The summed E-state index contributed by atoms with van der Waals surface area (Å²) in [5, 5.41) is 0. The van der Waals surface area contributed by atoms with Crippen LogP contribution in [0.3, 0.4) is 0 Å². The van der Waals surface area contributed by atoms with Crippen molar-refractivity contribution in [3.8, 4) is 23.3 Å². The van der Waals surface area contributed by atoms with E-state index in [1.807, 2.05) is 18.2 Å². The first-order valence-corrected chi connectivity index (χ1v) is 7.84. The third-order valence-electron chi connectivity index (χ3n) is 3.43. The van der Waals surface area contributed by atoms with E-state index in [-0.39, 0.29) is 0 Å². The zero-order valence-electron chi connectivity index (χ0n) is 12.4. The van der Waals surface area contributed by atoms with E-state index in [1.165, 1.54) is 12.8 Å². The van der Waals surface area contributed by atoms with Crippen LogP contribution in [0.2, 0.25) is 0 Å². The maximum atomic E-state index is 5.84. The molecule has 1 aromatic rings. The van der Waals surface area contributed by atoms with Gasteiger partial charge in [0.05, 0.1) is 31.3 Å². The molecule has 1 atom stereocenters. The highest BCUT2D eigenvalue weighted by molar-refractivity contribution is 6.19. The fourth-order valence-corrected chi connectivity index (χ4v) is 2.42. The average Bonchev–Trinajstić information content (AvgIpc) is 3.03. The first-order valence-electron chi connectivity index (χ1n) is 7.30. The number of methoxy groups -OCH3 is 1. The van der Waals surface area contributed by atoms with Gasteiger partial charge in [0, 0.05) is 6.61 Å². The third-order valence-corrected chi connectivity index (χ3v) is 3.56. The van der Waals surface area contributed by atoms with Crippen LogP contribution in [0, 0.1) is 11.8 Å². The van der Waals surface area contributed by atoms with Crippen molar-refractivity contribution in [1.29, 1.82) is 0 Å². The summed E-state index contributed by atoms with van der Waals surface area (Å²) < 4.78 is 16.7. The van der Waals surface area contributed by atoms with E-state index in [2.05, 4.69) is 11.8 Å². The average molecular weight is 309 g/mol. The molecule has 0 N–H and O–H groups in total. The normalized spacial score (nSPS) is 17.1. The van der Waals surface area contributed by atoms with Crippen molar-refractivity contribution in [3.05, 3.63) is 23.8 Å². The maximum absolute atomic E-state index is 5.84. The highest BCUT2D eigenvalue weighted by atomic mass is 35.5. The SMILES string of the molecule is COc1ccc(OCCCC2CCCO2)c(C#CCCl)c1. The molecule has 0 bridgehead atoms. The first-order chi connectivity index (χ1) is 10.3. The Labute approximate surface area is 131 Å². The number of benzene rings is 1. The van der Waals surface area contributed by atoms with Gasteiger partial charge in [0.25, 0.3) is 0 Å². The molecule has 0 saturated carbocycles. The summed E-state index contributed by atoms with van der Waals surface area (Å²) in [7, 11) is 1.64. The lowest BCUT2D eigenvalue weighted by Gasteiger charge is -2.12. The van der Waals surface area contributed by atoms with Crippen LogP contribution in [0.15, 0.2) is 18.2 Å². The summed E-state index contributed by atoms with van der Waals surface area (Å²) >= 11 is 5.62. The number of hydrogen-bond donors (Lipinski definition) is 0. The van der Waals surface area contributed by atoms with Crippen LogP contribution in [-0.4, -0.2) is 32.3 Å². The van der Waals surface area contributed by atoms with Crippen LogP contribution >= 0.6 is 11.6 Å². The zero-order chi connectivity index (χ0) is 14.9. The Kier molecular flexibility index (Phi) is 6.72. The lowest BCUT2D eigenvalue weighted by molar-refractivity contribution is 0.0981. The second-order valence-electron chi connectivity index (χ2n) is 4.92. The standard InChI is InChI=1S/C17H21ClO3/c1-19-16-8-9-17(14(13-16)5-2-10-18)21-12-4-7-15-6-3-11-20-15/h8-9,13,15H,3-4,6-7,10-12H2,1H3. The first kappa shape index (κ1) is 16.0. The number of halogens is 1. The predicted molar refractivity (Wildman–Crippen MR) is 84.3 cm³/mol. The fraction of sp³-hybridized carbons (Fsp3) is 0.529. The van der Waals surface area contributed by atoms with Crippen LogP contribution in [0.4, 0.5) is 0 Å². The highest BCUT2D eigenvalue weighted by Crippen LogP contribution is 2.24. The molecule has 1 aliphatic heterocycles. The van der Waals surface area contributed by atoms with Crippen LogP contribution in [0.25, 0.3) is 0 Å². The van der Waals surface area contributed by atoms with Gasteiger partial charge in [-0.05, 0) is 43.9 Å². The second-order valence-corrected chi connectivity index (χ2v) is 5.19. The minimum atomic E-state index is 0.301. The molecule has 0 aliphatic carbocycles. The minimum absolute atomic E-state index is 0.301. The zero-order valence-corrected chi connectivity index (χ0v) is 13.1. The molecule has 3 nitrogen and oxygen atoms in total. The van der Waals surface area contributed by atoms with Gasteiger partial charge >= 0.3 is 0 Å². The molecular formula is C17H21ClO3. The van der Waals surface area contributed by atoms with E-state index in [0.29, 0.717) is 18.6 Å². The van der Waals surface area contributed by atoms with Crippen LogP contribution in [-0.2, 0) is 4.74 Å². The molecule has 0 spiro atoms. The largest absolute Gasteiger partial charge is 0.497 e. The van der Waals surface area contributed by atoms with Gasteiger partial charge in [0.15, 0.2) is 0 Å². The van der Waals surface area contributed by atoms with Gasteiger partial charge in [-0.15, -0.1) is 11.6 Å². The molecule has 1 heterocycles. The van der Waals surface area contributed by atoms with E-state index >= 15 is 0 Å². The monoisotopic (exact) mass is 308 g/mol. The van der Waals surface area contributed by atoms with Gasteiger partial charge < -0.3 is 14.2 Å². The van der Waals surface area contributed by atoms with Crippen molar-refractivity contribution < 1.29 is 14.2 Å². The highest BCUT2D eigenvalue weighted by Gasteiger charge is 2.14. The summed E-state index contributed by atoms with van der Waals surface area (Å²) in [5.41, 5.74) is 0.812. The molecule has 1 aliphatic rings. The maximum Gasteiger partial charge on any atom is 0.135 e. The minimum Gasteiger partial charge on any atom is -0.497 e. The summed E-state index contributed by atoms with van der Waals surface area (Å²) in [6.45, 7) is 1.57. The number of ether oxygens (including phenoxy) is 3. The Morgan fingerprint density at radius 2 is 2.33 bits per heavy atom. The number of alkyl halides is 1. The topological polar surface area (TPSA) is 27.7 Å². The molecule has 114 valence electrons. The Balaban J connectivity index is 1.88. The molecule has 0 amide bonds. The molecule has 21 heavy (non-hydrogen) atoms. The van der Waals surface area contributed by atoms with E-state index in [1.54, 1.807) is 7.11 Å². The number of hydrogen-bond acceptors (Lipinski definition) is 3. The van der Waals surface area contributed by atoms with Crippen molar-refractivity contribution >= 4 is 11.6 Å². The molecule has 4 heteroatoms. The van der Waals surface area contributed by atoms with Gasteiger partial charge in [-0.25, -0.2) is 0 Å². The van der Waals surface area contributed by atoms with Crippen molar-refractivity contribution in [2.75, 3.05) is 26.2 Å². The van der Waals surface area contributed by atoms with E-state index < -0.39 is 0 Å².